The van der Waals surface area contributed by atoms with E-state index < -0.39 is 47.9 Å². The van der Waals surface area contributed by atoms with Gasteiger partial charge in [-0.05, 0) is 42.9 Å². The van der Waals surface area contributed by atoms with E-state index in [1.807, 2.05) is 30.3 Å². The summed E-state index contributed by atoms with van der Waals surface area (Å²) in [6.45, 7) is 0.461. The SMILES string of the molecule is NC(N)=NCCCC(N)C(=O)NC(Cc1c[nH]c2ccccc12)C(=O)NC(Cc1ccccc1)C(=O)NC(CCCN=C(N)N)C(=O)O. The highest BCUT2D eigenvalue weighted by Gasteiger charge is 2.31. The van der Waals surface area contributed by atoms with Crippen LogP contribution in [0, 0.1) is 0 Å². The van der Waals surface area contributed by atoms with Crippen molar-refractivity contribution in [2.24, 2.45) is 38.7 Å². The molecule has 258 valence electrons. The minimum atomic E-state index is -1.26. The van der Waals surface area contributed by atoms with Gasteiger partial charge in [-0.3, -0.25) is 24.4 Å². The molecule has 2 aromatic carbocycles. The molecule has 0 spiro atoms. The molecule has 48 heavy (non-hydrogen) atoms. The van der Waals surface area contributed by atoms with Crippen LogP contribution >= 0.6 is 0 Å². The number of aliphatic imine (C=N–C) groups is 2. The maximum absolute atomic E-state index is 13.9. The first-order chi connectivity index (χ1) is 22.9. The molecule has 0 saturated carbocycles. The number of rotatable bonds is 19. The van der Waals surface area contributed by atoms with Crippen LogP contribution in [0.4, 0.5) is 0 Å². The Morgan fingerprint density at radius 2 is 1.25 bits per heavy atom. The fourth-order valence-electron chi connectivity index (χ4n) is 5.02. The molecule has 4 unspecified atom stereocenters. The molecule has 3 amide bonds. The van der Waals surface area contributed by atoms with Gasteiger partial charge in [0.2, 0.25) is 17.7 Å². The zero-order valence-electron chi connectivity index (χ0n) is 26.6. The van der Waals surface area contributed by atoms with Crippen molar-refractivity contribution in [1.82, 2.24) is 20.9 Å². The zero-order valence-corrected chi connectivity index (χ0v) is 26.6. The standard InChI is InChI=1S/C32H45N11O5/c33-22(11-6-14-38-31(34)35)27(44)42-26(17-20-18-40-23-12-5-4-10-21(20)23)29(46)43-25(16-19-8-2-1-3-9-19)28(45)41-24(30(47)48)13-7-15-39-32(36)37/h1-5,8-10,12,18,22,24-26,40H,6-7,11,13-17,33H2,(H,41,45)(H,42,44)(H,43,46)(H,47,48)(H4,34,35,38)(H4,36,37,39). The van der Waals surface area contributed by atoms with E-state index in [0.717, 1.165) is 22.0 Å². The molecule has 0 saturated heterocycles. The fourth-order valence-corrected chi connectivity index (χ4v) is 5.02. The summed E-state index contributed by atoms with van der Waals surface area (Å²) in [5.74, 6) is -3.39. The Morgan fingerprint density at radius 3 is 1.88 bits per heavy atom. The predicted molar refractivity (Wildman–Crippen MR) is 183 cm³/mol. The Morgan fingerprint density at radius 1 is 0.708 bits per heavy atom. The highest BCUT2D eigenvalue weighted by Crippen LogP contribution is 2.19. The number of aromatic nitrogens is 1. The largest absolute Gasteiger partial charge is 0.480 e. The van der Waals surface area contributed by atoms with Crippen molar-refractivity contribution in [1.29, 1.82) is 0 Å². The second-order valence-corrected chi connectivity index (χ2v) is 11.3. The third-order valence-corrected chi connectivity index (χ3v) is 7.51. The number of para-hydroxylation sites is 1. The van der Waals surface area contributed by atoms with Gasteiger partial charge in [-0.2, -0.15) is 0 Å². The van der Waals surface area contributed by atoms with Crippen LogP contribution in [0.2, 0.25) is 0 Å². The van der Waals surface area contributed by atoms with Gasteiger partial charge in [0.25, 0.3) is 0 Å². The first-order valence-electron chi connectivity index (χ1n) is 15.5. The van der Waals surface area contributed by atoms with Crippen molar-refractivity contribution in [3.05, 3.63) is 71.9 Å². The van der Waals surface area contributed by atoms with E-state index in [2.05, 4.69) is 30.9 Å². The number of hydrogen-bond acceptors (Lipinski definition) is 7. The van der Waals surface area contributed by atoms with Crippen molar-refractivity contribution in [2.75, 3.05) is 13.1 Å². The first kappa shape index (κ1) is 36.8. The highest BCUT2D eigenvalue weighted by atomic mass is 16.4. The molecule has 15 N–H and O–H groups in total. The number of carbonyl (C=O) groups is 4. The summed E-state index contributed by atoms with van der Waals surface area (Å²) in [4.78, 5) is 63.6. The van der Waals surface area contributed by atoms with Gasteiger partial charge < -0.3 is 54.7 Å². The van der Waals surface area contributed by atoms with E-state index in [1.54, 1.807) is 30.5 Å². The van der Waals surface area contributed by atoms with Gasteiger partial charge in [0.15, 0.2) is 11.9 Å². The second-order valence-electron chi connectivity index (χ2n) is 11.3. The van der Waals surface area contributed by atoms with Gasteiger partial charge in [-0.1, -0.05) is 48.5 Å². The predicted octanol–water partition coefficient (Wildman–Crippen LogP) is -1.07. The molecule has 0 bridgehead atoms. The zero-order chi connectivity index (χ0) is 35.1. The molecule has 0 aliphatic heterocycles. The number of hydrogen-bond donors (Lipinski definition) is 10. The molecule has 0 aliphatic carbocycles. The number of aromatic amines is 1. The number of benzene rings is 2. The Hall–Kier alpha value is -5.64. The third kappa shape index (κ3) is 11.9. The van der Waals surface area contributed by atoms with Crippen molar-refractivity contribution in [3.63, 3.8) is 0 Å². The maximum Gasteiger partial charge on any atom is 0.326 e. The molecular formula is C32H45N11O5. The van der Waals surface area contributed by atoms with E-state index in [0.29, 0.717) is 6.42 Å². The van der Waals surface area contributed by atoms with Gasteiger partial charge in [-0.15, -0.1) is 0 Å². The molecule has 0 radical (unpaired) electrons. The Kier molecular flexibility index (Phi) is 14.2. The van der Waals surface area contributed by atoms with Gasteiger partial charge in [0.1, 0.15) is 18.1 Å². The number of nitrogens with one attached hydrogen (secondary N) is 4. The topological polar surface area (TPSA) is 295 Å². The number of fused-ring (bicyclic) bond motifs is 1. The molecule has 4 atom stereocenters. The quantitative estimate of drug-likeness (QED) is 0.0420. The summed E-state index contributed by atoms with van der Waals surface area (Å²) < 4.78 is 0. The van der Waals surface area contributed by atoms with E-state index in [-0.39, 0.29) is 57.1 Å². The average molecular weight is 664 g/mol. The number of H-pyrrole nitrogens is 1. The molecule has 3 rings (SSSR count). The second kappa shape index (κ2) is 18.5. The van der Waals surface area contributed by atoms with Crippen LogP contribution in [0.3, 0.4) is 0 Å². The molecule has 16 heteroatoms. The van der Waals surface area contributed by atoms with Crippen molar-refractivity contribution >= 4 is 46.5 Å². The third-order valence-electron chi connectivity index (χ3n) is 7.51. The summed E-state index contributed by atoms with van der Waals surface area (Å²) >= 11 is 0. The van der Waals surface area contributed by atoms with E-state index in [9.17, 15) is 24.3 Å². The van der Waals surface area contributed by atoms with Crippen molar-refractivity contribution in [2.45, 2.75) is 62.7 Å². The summed E-state index contributed by atoms with van der Waals surface area (Å²) in [6, 6.07) is 11.9. The van der Waals surface area contributed by atoms with E-state index in [1.165, 1.54) is 0 Å². The van der Waals surface area contributed by atoms with Crippen LogP contribution in [-0.4, -0.2) is 83.0 Å². The van der Waals surface area contributed by atoms with Gasteiger partial charge in [-0.25, -0.2) is 4.79 Å². The summed E-state index contributed by atoms with van der Waals surface area (Å²) in [7, 11) is 0. The number of carboxylic acid groups (broad SMARTS) is 1. The summed E-state index contributed by atoms with van der Waals surface area (Å²) in [6.07, 6.45) is 2.90. The number of carboxylic acids is 1. The lowest BCUT2D eigenvalue weighted by Gasteiger charge is -2.25. The van der Waals surface area contributed by atoms with E-state index >= 15 is 0 Å². The lowest BCUT2D eigenvalue weighted by Crippen LogP contribution is -2.58. The normalized spacial score (nSPS) is 13.4. The fraction of sp³-hybridized carbons (Fsp3) is 0.375. The summed E-state index contributed by atoms with van der Waals surface area (Å²) in [5.41, 5.74) is 29.9. The minimum absolute atomic E-state index is 0.0458. The number of nitrogens with zero attached hydrogens (tertiary/aromatic N) is 2. The lowest BCUT2D eigenvalue weighted by atomic mass is 10.0. The highest BCUT2D eigenvalue weighted by molar-refractivity contribution is 5.95. The van der Waals surface area contributed by atoms with Gasteiger partial charge in [0, 0.05) is 43.0 Å². The molecule has 0 fully saturated rings. The van der Waals surface area contributed by atoms with Crippen LogP contribution in [0.5, 0.6) is 0 Å². The number of aliphatic carboxylic acids is 1. The van der Waals surface area contributed by atoms with Crippen LogP contribution in [0.15, 0.2) is 70.8 Å². The summed E-state index contributed by atoms with van der Waals surface area (Å²) in [5, 5.41) is 18.7. The number of amides is 3. The molecule has 1 heterocycles. The average Bonchev–Trinajstić information content (AvgIpc) is 3.46. The Balaban J connectivity index is 1.83. The van der Waals surface area contributed by atoms with Crippen LogP contribution in [0.1, 0.15) is 36.8 Å². The van der Waals surface area contributed by atoms with Crippen LogP contribution in [0.25, 0.3) is 10.9 Å². The Labute approximate surface area is 278 Å². The maximum atomic E-state index is 13.9. The molecular weight excluding hydrogens is 618 g/mol. The van der Waals surface area contributed by atoms with Crippen molar-refractivity contribution < 1.29 is 24.3 Å². The molecule has 3 aromatic rings. The van der Waals surface area contributed by atoms with Gasteiger partial charge >= 0.3 is 5.97 Å². The number of carbonyl (C=O) groups excluding carboxylic acids is 3. The van der Waals surface area contributed by atoms with Gasteiger partial charge in [0.05, 0.1) is 6.04 Å². The van der Waals surface area contributed by atoms with Crippen LogP contribution in [-0.2, 0) is 32.0 Å². The number of guanidine groups is 2. The van der Waals surface area contributed by atoms with Crippen LogP contribution < -0.4 is 44.6 Å². The smallest absolute Gasteiger partial charge is 0.326 e. The monoisotopic (exact) mass is 663 g/mol. The molecule has 16 nitrogen and oxygen atoms in total. The Bertz CT molecular complexity index is 1580. The lowest BCUT2D eigenvalue weighted by molar-refractivity contribution is -0.142. The van der Waals surface area contributed by atoms with Crippen molar-refractivity contribution in [3.8, 4) is 0 Å². The molecule has 1 aromatic heterocycles. The number of nitrogens with two attached hydrogens (primary N) is 5. The minimum Gasteiger partial charge on any atom is -0.480 e. The van der Waals surface area contributed by atoms with E-state index in [4.69, 9.17) is 28.7 Å². The molecule has 0 aliphatic rings. The first-order valence-corrected chi connectivity index (χ1v) is 15.5.